The van der Waals surface area contributed by atoms with Crippen LogP contribution in [-0.2, 0) is 13.1 Å². The number of pyridine rings is 1. The molecule has 0 aliphatic rings. The van der Waals surface area contributed by atoms with Gasteiger partial charge in [-0.3, -0.25) is 4.68 Å². The molecule has 0 radical (unpaired) electrons. The molecule has 5 heterocycles. The van der Waals surface area contributed by atoms with Crippen LogP contribution < -0.4 is 0 Å². The molecule has 0 aliphatic heterocycles. The number of imidazole rings is 1. The van der Waals surface area contributed by atoms with E-state index in [1.165, 1.54) is 0 Å². The van der Waals surface area contributed by atoms with Crippen molar-refractivity contribution < 1.29 is 5.11 Å². The van der Waals surface area contributed by atoms with Crippen molar-refractivity contribution in [3.8, 4) is 11.3 Å². The third-order valence-corrected chi connectivity index (χ3v) is 4.57. The second-order valence-electron chi connectivity index (χ2n) is 6.53. The molecule has 140 valence electrons. The number of hydrogen-bond acceptors (Lipinski definition) is 7. The molecule has 0 aromatic carbocycles. The van der Waals surface area contributed by atoms with Gasteiger partial charge in [0.05, 0.1) is 37.8 Å². The molecule has 1 N–H and O–H groups in total. The smallest absolute Gasteiger partial charge is 0.221 e. The fraction of sp³-hybridized carbons (Fsp3) is 0.222. The van der Waals surface area contributed by atoms with Crippen LogP contribution in [0.25, 0.3) is 28.2 Å². The van der Waals surface area contributed by atoms with Gasteiger partial charge >= 0.3 is 0 Å². The van der Waals surface area contributed by atoms with E-state index in [2.05, 4.69) is 30.4 Å². The summed E-state index contributed by atoms with van der Waals surface area (Å²) in [5, 5.41) is 21.6. The summed E-state index contributed by atoms with van der Waals surface area (Å²) >= 11 is 0. The van der Waals surface area contributed by atoms with E-state index in [4.69, 9.17) is 5.11 Å². The monoisotopic (exact) mass is 375 g/mol. The standard InChI is InChI=1S/C18H17N9O/c1-12-6-19-16-3-2-13(9-26(12)16)10-27-18-17(23-24-27)20-8-15(22-18)14-7-21-25(11-14)4-5-28/h2-3,6-9,11,28H,4-5,10H2,1H3. The largest absolute Gasteiger partial charge is 0.394 e. The Balaban J connectivity index is 1.51. The fourth-order valence-corrected chi connectivity index (χ4v) is 3.13. The van der Waals surface area contributed by atoms with Crippen LogP contribution in [-0.4, -0.2) is 55.8 Å². The lowest BCUT2D eigenvalue weighted by atomic mass is 10.2. The molecule has 5 aromatic heterocycles. The normalized spacial score (nSPS) is 11.6. The minimum Gasteiger partial charge on any atom is -0.394 e. The van der Waals surface area contributed by atoms with Gasteiger partial charge in [-0.2, -0.15) is 5.10 Å². The number of aromatic nitrogens is 9. The van der Waals surface area contributed by atoms with Gasteiger partial charge in [0.2, 0.25) is 5.65 Å². The van der Waals surface area contributed by atoms with Crippen LogP contribution in [0.3, 0.4) is 0 Å². The third kappa shape index (κ3) is 2.79. The van der Waals surface area contributed by atoms with Gasteiger partial charge in [-0.1, -0.05) is 11.3 Å². The van der Waals surface area contributed by atoms with Gasteiger partial charge < -0.3 is 9.51 Å². The van der Waals surface area contributed by atoms with E-state index in [0.717, 1.165) is 22.5 Å². The SMILES string of the molecule is Cc1cnc2ccc(Cn3nnc4ncc(-c5cnn(CCO)c5)nc43)cn12. The van der Waals surface area contributed by atoms with Crippen LogP contribution >= 0.6 is 0 Å². The van der Waals surface area contributed by atoms with Crippen LogP contribution in [0.5, 0.6) is 0 Å². The molecular weight excluding hydrogens is 358 g/mol. The summed E-state index contributed by atoms with van der Waals surface area (Å²) < 4.78 is 5.44. The second kappa shape index (κ2) is 6.50. The lowest BCUT2D eigenvalue weighted by Crippen LogP contribution is -2.05. The van der Waals surface area contributed by atoms with E-state index in [1.807, 2.05) is 42.0 Å². The fourth-order valence-electron chi connectivity index (χ4n) is 3.13. The molecule has 0 saturated heterocycles. The van der Waals surface area contributed by atoms with E-state index in [1.54, 1.807) is 21.8 Å². The second-order valence-corrected chi connectivity index (χ2v) is 6.53. The molecule has 0 saturated carbocycles. The Kier molecular flexibility index (Phi) is 3.83. The molecule has 0 aliphatic carbocycles. The third-order valence-electron chi connectivity index (χ3n) is 4.57. The van der Waals surface area contributed by atoms with Crippen molar-refractivity contribution >= 4 is 16.9 Å². The molecule has 0 unspecified atom stereocenters. The van der Waals surface area contributed by atoms with Crippen LogP contribution in [0.15, 0.2) is 43.1 Å². The summed E-state index contributed by atoms with van der Waals surface area (Å²) in [6.45, 7) is 3.00. The maximum atomic E-state index is 9.04. The number of aliphatic hydroxyl groups is 1. The first kappa shape index (κ1) is 16.5. The molecule has 5 aromatic rings. The van der Waals surface area contributed by atoms with Gasteiger partial charge in [-0.25, -0.2) is 19.6 Å². The van der Waals surface area contributed by atoms with Gasteiger partial charge in [0, 0.05) is 29.8 Å². The first-order chi connectivity index (χ1) is 13.7. The van der Waals surface area contributed by atoms with Crippen LogP contribution in [0.1, 0.15) is 11.3 Å². The Labute approximate surface area is 159 Å². The number of hydrogen-bond donors (Lipinski definition) is 1. The summed E-state index contributed by atoms with van der Waals surface area (Å²) in [5.41, 5.74) is 5.64. The molecule has 0 fully saturated rings. The highest BCUT2D eigenvalue weighted by molar-refractivity contribution is 5.69. The molecule has 5 rings (SSSR count). The maximum absolute atomic E-state index is 9.04. The van der Waals surface area contributed by atoms with Gasteiger partial charge in [-0.05, 0) is 18.6 Å². The Morgan fingerprint density at radius 3 is 2.89 bits per heavy atom. The Morgan fingerprint density at radius 2 is 2.00 bits per heavy atom. The number of aryl methyl sites for hydroxylation is 1. The quantitative estimate of drug-likeness (QED) is 0.489. The van der Waals surface area contributed by atoms with Gasteiger partial charge in [-0.15, -0.1) is 5.10 Å². The maximum Gasteiger partial charge on any atom is 0.221 e. The minimum atomic E-state index is 0.0310. The average molecular weight is 375 g/mol. The lowest BCUT2D eigenvalue weighted by molar-refractivity contribution is 0.269. The van der Waals surface area contributed by atoms with E-state index in [-0.39, 0.29) is 6.61 Å². The first-order valence-electron chi connectivity index (χ1n) is 8.84. The van der Waals surface area contributed by atoms with Gasteiger partial charge in [0.15, 0.2) is 5.65 Å². The summed E-state index contributed by atoms with van der Waals surface area (Å²) in [4.78, 5) is 13.4. The van der Waals surface area contributed by atoms with Crippen molar-refractivity contribution in [3.05, 3.63) is 54.4 Å². The van der Waals surface area contributed by atoms with Crippen molar-refractivity contribution in [2.75, 3.05) is 6.61 Å². The van der Waals surface area contributed by atoms with Gasteiger partial charge in [0.25, 0.3) is 0 Å². The Bertz CT molecular complexity index is 1280. The molecule has 0 atom stereocenters. The van der Waals surface area contributed by atoms with E-state index in [9.17, 15) is 0 Å². The predicted octanol–water partition coefficient (Wildman–Crippen LogP) is 1.08. The molecule has 10 heteroatoms. The first-order valence-corrected chi connectivity index (χ1v) is 8.84. The van der Waals surface area contributed by atoms with E-state index >= 15 is 0 Å². The molecule has 0 amide bonds. The molecular formula is C18H17N9O. The number of nitrogens with zero attached hydrogens (tertiary/aromatic N) is 9. The van der Waals surface area contributed by atoms with Crippen molar-refractivity contribution in [1.29, 1.82) is 0 Å². The summed E-state index contributed by atoms with van der Waals surface area (Å²) in [7, 11) is 0. The molecule has 0 bridgehead atoms. The average Bonchev–Trinajstić information content (AvgIpc) is 3.42. The lowest BCUT2D eigenvalue weighted by Gasteiger charge is -2.05. The zero-order valence-electron chi connectivity index (χ0n) is 15.1. The summed E-state index contributed by atoms with van der Waals surface area (Å²) in [6.07, 6.45) is 9.08. The van der Waals surface area contributed by atoms with Crippen LogP contribution in [0.4, 0.5) is 0 Å². The number of aliphatic hydroxyl groups excluding tert-OH is 1. The van der Waals surface area contributed by atoms with Crippen molar-refractivity contribution in [1.82, 2.24) is 44.1 Å². The summed E-state index contributed by atoms with van der Waals surface area (Å²) in [6, 6.07) is 4.00. The van der Waals surface area contributed by atoms with Crippen molar-refractivity contribution in [2.45, 2.75) is 20.0 Å². The van der Waals surface area contributed by atoms with Crippen LogP contribution in [0, 0.1) is 6.92 Å². The van der Waals surface area contributed by atoms with Crippen molar-refractivity contribution in [3.63, 3.8) is 0 Å². The minimum absolute atomic E-state index is 0.0310. The molecule has 28 heavy (non-hydrogen) atoms. The van der Waals surface area contributed by atoms with Gasteiger partial charge in [0.1, 0.15) is 5.65 Å². The number of rotatable bonds is 5. The highest BCUT2D eigenvalue weighted by Gasteiger charge is 2.12. The molecule has 10 nitrogen and oxygen atoms in total. The van der Waals surface area contributed by atoms with Crippen LogP contribution in [0.2, 0.25) is 0 Å². The topological polar surface area (TPSA) is 112 Å². The molecule has 0 spiro atoms. The zero-order valence-corrected chi connectivity index (χ0v) is 15.1. The highest BCUT2D eigenvalue weighted by atomic mass is 16.3. The van der Waals surface area contributed by atoms with Crippen molar-refractivity contribution in [2.24, 2.45) is 0 Å². The van der Waals surface area contributed by atoms with E-state index in [0.29, 0.717) is 30.1 Å². The van der Waals surface area contributed by atoms with E-state index < -0.39 is 0 Å². The zero-order chi connectivity index (χ0) is 19.1. The number of fused-ring (bicyclic) bond motifs is 2. The Hall–Kier alpha value is -3.66. The summed E-state index contributed by atoms with van der Waals surface area (Å²) in [5.74, 6) is 0. The predicted molar refractivity (Wildman–Crippen MR) is 100 cm³/mol. The Morgan fingerprint density at radius 1 is 1.07 bits per heavy atom. The highest BCUT2D eigenvalue weighted by Crippen LogP contribution is 2.18.